The van der Waals surface area contributed by atoms with Gasteiger partial charge in [0.1, 0.15) is 0 Å². The number of aromatic amines is 2. The Morgan fingerprint density at radius 3 is 2.66 bits per heavy atom. The molecule has 4 aromatic heterocycles. The van der Waals surface area contributed by atoms with Crippen molar-refractivity contribution in [3.05, 3.63) is 75.1 Å². The Morgan fingerprint density at radius 2 is 1.86 bits per heavy atom. The lowest BCUT2D eigenvalue weighted by molar-refractivity contribution is 0.726. The summed E-state index contributed by atoms with van der Waals surface area (Å²) in [6.07, 6.45) is 1.68. The van der Waals surface area contributed by atoms with Crippen molar-refractivity contribution >= 4 is 34.1 Å². The van der Waals surface area contributed by atoms with Crippen molar-refractivity contribution in [2.45, 2.75) is 16.9 Å². The van der Waals surface area contributed by atoms with E-state index >= 15 is 0 Å². The van der Waals surface area contributed by atoms with Crippen LogP contribution in [0.15, 0.2) is 68.6 Å². The van der Waals surface area contributed by atoms with Crippen LogP contribution >= 0.6 is 11.8 Å². The quantitative estimate of drug-likeness (QED) is 0.472. The van der Waals surface area contributed by atoms with Crippen LogP contribution in [0, 0.1) is 0 Å². The molecule has 0 saturated carbocycles. The number of nitrogens with one attached hydrogen (secondary N) is 2. The van der Waals surface area contributed by atoms with Crippen molar-refractivity contribution in [1.82, 2.24) is 34.1 Å². The van der Waals surface area contributed by atoms with Gasteiger partial charge in [0.15, 0.2) is 27.1 Å². The molecule has 1 aromatic carbocycles. The maximum Gasteiger partial charge on any atom is 0.329 e. The van der Waals surface area contributed by atoms with E-state index in [9.17, 15) is 9.59 Å². The molecule has 0 fully saturated rings. The van der Waals surface area contributed by atoms with E-state index in [1.807, 2.05) is 42.5 Å². The lowest BCUT2D eigenvalue weighted by atomic mass is 10.2. The van der Waals surface area contributed by atoms with Gasteiger partial charge in [-0.3, -0.25) is 14.3 Å². The minimum atomic E-state index is -0.503. The fourth-order valence-corrected chi connectivity index (χ4v) is 4.03. The molecule has 0 atom stereocenters. The molecule has 2 N–H and O–H groups in total. The van der Waals surface area contributed by atoms with Crippen LogP contribution in [-0.4, -0.2) is 34.1 Å². The highest BCUT2D eigenvalue weighted by Crippen LogP contribution is 2.28. The normalized spacial score (nSPS) is 11.5. The maximum absolute atomic E-state index is 12.6. The summed E-state index contributed by atoms with van der Waals surface area (Å²) in [5.74, 6) is 0. The van der Waals surface area contributed by atoms with Crippen molar-refractivity contribution in [3.63, 3.8) is 0 Å². The third-order valence-corrected chi connectivity index (χ3v) is 5.46. The number of aromatic nitrogens is 7. The van der Waals surface area contributed by atoms with E-state index < -0.39 is 11.2 Å². The van der Waals surface area contributed by atoms with Crippen LogP contribution in [-0.2, 0) is 13.6 Å². The maximum atomic E-state index is 12.6. The fourth-order valence-electron chi connectivity index (χ4n) is 3.16. The number of H-pyrrole nitrogens is 2. The molecule has 10 heteroatoms. The van der Waals surface area contributed by atoms with Gasteiger partial charge in [0.2, 0.25) is 0 Å². The molecule has 144 valence electrons. The van der Waals surface area contributed by atoms with Gasteiger partial charge in [-0.05, 0) is 29.5 Å². The average molecular weight is 405 g/mol. The SMILES string of the molecule is Cn1c(=O)[nH]c(=O)c2c1nc(Sc1nc3ncccc3[nH]1)n2Cc1ccccc1. The second kappa shape index (κ2) is 6.74. The third-order valence-electron chi connectivity index (χ3n) is 4.58. The van der Waals surface area contributed by atoms with Crippen LogP contribution in [0.25, 0.3) is 22.3 Å². The molecule has 0 saturated heterocycles. The van der Waals surface area contributed by atoms with E-state index in [2.05, 4.69) is 24.9 Å². The first-order chi connectivity index (χ1) is 14.1. The minimum absolute atomic E-state index is 0.325. The highest BCUT2D eigenvalue weighted by Gasteiger charge is 2.19. The zero-order valence-electron chi connectivity index (χ0n) is 15.3. The van der Waals surface area contributed by atoms with Gasteiger partial charge in [0.25, 0.3) is 5.56 Å². The molecule has 0 aliphatic heterocycles. The monoisotopic (exact) mass is 405 g/mol. The van der Waals surface area contributed by atoms with E-state index in [1.54, 1.807) is 17.8 Å². The number of pyridine rings is 1. The second-order valence-electron chi connectivity index (χ2n) is 6.48. The Labute approximate surface area is 167 Å². The van der Waals surface area contributed by atoms with Crippen LogP contribution in [0.2, 0.25) is 0 Å². The van der Waals surface area contributed by atoms with E-state index in [-0.39, 0.29) is 0 Å². The summed E-state index contributed by atoms with van der Waals surface area (Å²) in [6, 6.07) is 13.5. The van der Waals surface area contributed by atoms with Crippen LogP contribution in [0.5, 0.6) is 0 Å². The Morgan fingerprint density at radius 1 is 1.03 bits per heavy atom. The zero-order chi connectivity index (χ0) is 20.0. The predicted molar refractivity (Wildman–Crippen MR) is 109 cm³/mol. The van der Waals surface area contributed by atoms with Crippen LogP contribution in [0.4, 0.5) is 0 Å². The van der Waals surface area contributed by atoms with Gasteiger partial charge in [-0.2, -0.15) is 0 Å². The largest absolute Gasteiger partial charge is 0.331 e. The molecule has 5 aromatic rings. The Hall–Kier alpha value is -3.66. The molecule has 0 spiro atoms. The molecule has 5 rings (SSSR count). The Kier molecular flexibility index (Phi) is 4.06. The van der Waals surface area contributed by atoms with Crippen molar-refractivity contribution < 1.29 is 0 Å². The molecule has 0 unspecified atom stereocenters. The zero-order valence-corrected chi connectivity index (χ0v) is 16.1. The van der Waals surface area contributed by atoms with E-state index in [0.29, 0.717) is 33.7 Å². The molecular formula is C19H15N7O2S. The van der Waals surface area contributed by atoms with Crippen molar-refractivity contribution in [1.29, 1.82) is 0 Å². The summed E-state index contributed by atoms with van der Waals surface area (Å²) in [4.78, 5) is 43.5. The number of hydrogen-bond donors (Lipinski definition) is 2. The smallest absolute Gasteiger partial charge is 0.329 e. The van der Waals surface area contributed by atoms with Crippen LogP contribution in [0.3, 0.4) is 0 Å². The minimum Gasteiger partial charge on any atom is -0.331 e. The highest BCUT2D eigenvalue weighted by molar-refractivity contribution is 7.99. The molecule has 0 aliphatic carbocycles. The summed E-state index contributed by atoms with van der Waals surface area (Å²) < 4.78 is 3.14. The van der Waals surface area contributed by atoms with E-state index in [4.69, 9.17) is 0 Å². The number of imidazole rings is 2. The lowest BCUT2D eigenvalue weighted by Crippen LogP contribution is -2.29. The molecule has 0 radical (unpaired) electrons. The first-order valence-electron chi connectivity index (χ1n) is 8.82. The summed E-state index contributed by atoms with van der Waals surface area (Å²) in [6.45, 7) is 0.430. The standard InChI is InChI=1S/C19H15N7O2S/c1-25-15-13(16(27)24-18(25)28)26(10-11-6-3-2-4-7-11)19(23-15)29-17-21-12-8-5-9-20-14(12)22-17/h2-9H,10H2,1H3,(H,20,21,22)(H,24,27,28). The Balaban J connectivity index is 1.69. The number of aryl methyl sites for hydroxylation is 1. The van der Waals surface area contributed by atoms with Gasteiger partial charge in [0.05, 0.1) is 12.1 Å². The number of fused-ring (bicyclic) bond motifs is 2. The second-order valence-corrected chi connectivity index (χ2v) is 7.43. The van der Waals surface area contributed by atoms with Gasteiger partial charge in [-0.15, -0.1) is 0 Å². The van der Waals surface area contributed by atoms with Crippen LogP contribution < -0.4 is 11.2 Å². The predicted octanol–water partition coefficient (Wildman–Crippen LogP) is 1.89. The molecular weight excluding hydrogens is 390 g/mol. The Bertz CT molecular complexity index is 1430. The van der Waals surface area contributed by atoms with Crippen LogP contribution in [0.1, 0.15) is 5.56 Å². The van der Waals surface area contributed by atoms with Gasteiger partial charge in [-0.1, -0.05) is 30.3 Å². The number of benzene rings is 1. The molecule has 0 aliphatic rings. The van der Waals surface area contributed by atoms with Crippen molar-refractivity contribution in [3.8, 4) is 0 Å². The van der Waals surface area contributed by atoms with Gasteiger partial charge >= 0.3 is 5.69 Å². The lowest BCUT2D eigenvalue weighted by Gasteiger charge is -2.07. The average Bonchev–Trinajstić information content (AvgIpc) is 3.29. The van der Waals surface area contributed by atoms with Gasteiger partial charge < -0.3 is 9.55 Å². The summed E-state index contributed by atoms with van der Waals surface area (Å²) in [5.41, 5.74) is 2.12. The summed E-state index contributed by atoms with van der Waals surface area (Å²) in [5, 5.41) is 1.15. The first kappa shape index (κ1) is 17.4. The number of nitrogens with zero attached hydrogens (tertiary/aromatic N) is 5. The van der Waals surface area contributed by atoms with Gasteiger partial charge in [-0.25, -0.2) is 19.7 Å². The van der Waals surface area contributed by atoms with Crippen molar-refractivity contribution in [2.75, 3.05) is 0 Å². The van der Waals surface area contributed by atoms with Gasteiger partial charge in [0, 0.05) is 13.2 Å². The van der Waals surface area contributed by atoms with Crippen molar-refractivity contribution in [2.24, 2.45) is 7.05 Å². The highest BCUT2D eigenvalue weighted by atomic mass is 32.2. The van der Waals surface area contributed by atoms with E-state index in [0.717, 1.165) is 11.1 Å². The first-order valence-corrected chi connectivity index (χ1v) is 9.64. The molecule has 29 heavy (non-hydrogen) atoms. The number of hydrogen-bond acceptors (Lipinski definition) is 6. The fraction of sp³-hybridized carbons (Fsp3) is 0.105. The molecule has 4 heterocycles. The van der Waals surface area contributed by atoms with E-state index in [1.165, 1.54) is 16.3 Å². The molecule has 0 bridgehead atoms. The molecule has 9 nitrogen and oxygen atoms in total. The number of rotatable bonds is 4. The summed E-state index contributed by atoms with van der Waals surface area (Å²) >= 11 is 1.29. The molecule has 0 amide bonds. The summed E-state index contributed by atoms with van der Waals surface area (Å²) in [7, 11) is 1.58. The topological polar surface area (TPSA) is 114 Å². The third kappa shape index (κ3) is 3.03.